The number of aliphatic imine (C=N–C) groups is 1. The van der Waals surface area contributed by atoms with Crippen molar-refractivity contribution in [1.82, 2.24) is 9.62 Å². The fourth-order valence-corrected chi connectivity index (χ4v) is 5.43. The third-order valence-corrected chi connectivity index (χ3v) is 6.70. The van der Waals surface area contributed by atoms with Crippen LogP contribution in [0, 0.1) is 11.7 Å². The Kier molecular flexibility index (Phi) is 7.18. The summed E-state index contributed by atoms with van der Waals surface area (Å²) >= 11 is 0. The lowest BCUT2D eigenvalue weighted by atomic mass is 9.67. The van der Waals surface area contributed by atoms with Crippen LogP contribution in [0.5, 0.6) is 0 Å². The number of carbonyl (C=O) groups excluding carboxylic acids is 1. The van der Waals surface area contributed by atoms with Gasteiger partial charge in [0.25, 0.3) is 0 Å². The number of ether oxygens (including phenoxy) is 1. The second-order valence-corrected chi connectivity index (χ2v) is 11.5. The van der Waals surface area contributed by atoms with Crippen LogP contribution in [0.25, 0.3) is 5.70 Å². The number of nitrogens with one attached hydrogen (secondary N) is 1. The van der Waals surface area contributed by atoms with Gasteiger partial charge in [-0.15, -0.1) is 0 Å². The van der Waals surface area contributed by atoms with Gasteiger partial charge in [-0.1, -0.05) is 12.1 Å². The summed E-state index contributed by atoms with van der Waals surface area (Å²) in [6.45, 7) is 5.33. The van der Waals surface area contributed by atoms with Crippen LogP contribution < -0.4 is 10.5 Å². The molecule has 0 unspecified atom stereocenters. The molecular weight excluding hydrogens is 447 g/mol. The van der Waals surface area contributed by atoms with E-state index in [9.17, 15) is 13.2 Å². The van der Waals surface area contributed by atoms with Crippen molar-refractivity contribution in [2.24, 2.45) is 16.6 Å². The standard InChI is InChI=1S/C23H33FN4O4S/c1-23(2,3)32-22(29)28-16-11-15(12-16)21(27-33(5,30)31)19(28)13-14-7-6-8-17(20(14)24)18(25)9-10-26-4/h6-10,15-16,19,21,27H,11-13,25H2,1-5H3/t15?,16?,19-,21-/m0/s1. The maximum absolute atomic E-state index is 15.4. The number of benzene rings is 1. The minimum atomic E-state index is -3.55. The molecule has 2 heterocycles. The maximum atomic E-state index is 15.4. The van der Waals surface area contributed by atoms with E-state index >= 15 is 4.39 Å². The summed E-state index contributed by atoms with van der Waals surface area (Å²) in [6.07, 6.45) is 5.04. The number of carbonyl (C=O) groups is 1. The zero-order valence-corrected chi connectivity index (χ0v) is 20.5. The Morgan fingerprint density at radius 3 is 2.61 bits per heavy atom. The Balaban J connectivity index is 1.99. The van der Waals surface area contributed by atoms with E-state index in [2.05, 4.69) is 9.71 Å². The summed E-state index contributed by atoms with van der Waals surface area (Å²) < 4.78 is 48.0. The van der Waals surface area contributed by atoms with Crippen LogP contribution in [0.2, 0.25) is 0 Å². The topological polar surface area (TPSA) is 114 Å². The van der Waals surface area contributed by atoms with E-state index in [0.717, 1.165) is 6.26 Å². The first-order valence-electron chi connectivity index (χ1n) is 10.9. The average molecular weight is 481 g/mol. The fraction of sp³-hybridized carbons (Fsp3) is 0.565. The SMILES string of the molecule is CN=CC=C(N)c1cccc(C[C@H]2[C@@H](NS(C)(=O)=O)C3CC(C3)N2C(=O)OC(C)(C)C)c1F. The Hall–Kier alpha value is -2.46. The molecule has 2 aliphatic heterocycles. The largest absolute Gasteiger partial charge is 0.444 e. The van der Waals surface area contributed by atoms with Gasteiger partial charge in [0.1, 0.15) is 11.4 Å². The highest BCUT2D eigenvalue weighted by molar-refractivity contribution is 7.88. The van der Waals surface area contributed by atoms with Crippen LogP contribution in [0.4, 0.5) is 9.18 Å². The fourth-order valence-electron chi connectivity index (χ4n) is 4.58. The quantitative estimate of drug-likeness (QED) is 0.608. The third kappa shape index (κ3) is 5.92. The van der Waals surface area contributed by atoms with Gasteiger partial charge < -0.3 is 15.4 Å². The molecule has 3 aliphatic rings. The molecule has 1 amide bonds. The van der Waals surface area contributed by atoms with Crippen LogP contribution in [0.1, 0.15) is 44.7 Å². The number of hydrogen-bond donors (Lipinski definition) is 2. The van der Waals surface area contributed by atoms with Gasteiger partial charge in [0.05, 0.1) is 12.3 Å². The van der Waals surface area contributed by atoms with E-state index in [1.807, 2.05) is 0 Å². The number of piperidine rings is 2. The molecule has 2 atom stereocenters. The third-order valence-electron chi connectivity index (χ3n) is 6.00. The van der Waals surface area contributed by atoms with Gasteiger partial charge in [-0.25, -0.2) is 22.3 Å². The van der Waals surface area contributed by atoms with Crippen molar-refractivity contribution in [2.75, 3.05) is 13.3 Å². The molecule has 2 bridgehead atoms. The van der Waals surface area contributed by atoms with Crippen molar-refractivity contribution in [2.45, 2.75) is 63.8 Å². The molecule has 3 fully saturated rings. The van der Waals surface area contributed by atoms with Crippen LogP contribution in [0.15, 0.2) is 29.3 Å². The van der Waals surface area contributed by atoms with E-state index in [-0.39, 0.29) is 29.6 Å². The van der Waals surface area contributed by atoms with Crippen molar-refractivity contribution in [3.05, 3.63) is 41.2 Å². The maximum Gasteiger partial charge on any atom is 0.410 e. The number of allylic oxidation sites excluding steroid dienone is 1. The number of fused-ring (bicyclic) bond motifs is 2. The highest BCUT2D eigenvalue weighted by Gasteiger charge is 2.54. The Morgan fingerprint density at radius 1 is 1.36 bits per heavy atom. The minimum absolute atomic E-state index is 0.0653. The zero-order chi connectivity index (χ0) is 24.6. The number of hydrogen-bond acceptors (Lipinski definition) is 6. The number of sulfonamides is 1. The lowest BCUT2D eigenvalue weighted by Gasteiger charge is -2.57. The van der Waals surface area contributed by atoms with Gasteiger partial charge in [-0.3, -0.25) is 4.99 Å². The second-order valence-electron chi connectivity index (χ2n) is 9.77. The minimum Gasteiger partial charge on any atom is -0.444 e. The number of halogens is 1. The van der Waals surface area contributed by atoms with E-state index in [1.165, 1.54) is 12.3 Å². The smallest absolute Gasteiger partial charge is 0.410 e. The predicted octanol–water partition coefficient (Wildman–Crippen LogP) is 2.68. The molecule has 10 heteroatoms. The molecule has 4 rings (SSSR count). The molecule has 33 heavy (non-hydrogen) atoms. The number of nitrogens with zero attached hydrogens (tertiary/aromatic N) is 2. The van der Waals surface area contributed by atoms with Crippen molar-refractivity contribution in [1.29, 1.82) is 0 Å². The van der Waals surface area contributed by atoms with E-state index in [0.29, 0.717) is 18.4 Å². The van der Waals surface area contributed by atoms with Gasteiger partial charge >= 0.3 is 6.09 Å². The van der Waals surface area contributed by atoms with Crippen molar-refractivity contribution in [3.63, 3.8) is 0 Å². The average Bonchev–Trinajstić information content (AvgIpc) is 2.64. The Morgan fingerprint density at radius 2 is 2.03 bits per heavy atom. The molecule has 8 nitrogen and oxygen atoms in total. The van der Waals surface area contributed by atoms with Gasteiger partial charge in [0.2, 0.25) is 10.0 Å². The van der Waals surface area contributed by atoms with Crippen LogP contribution in [0.3, 0.4) is 0 Å². The summed E-state index contributed by atoms with van der Waals surface area (Å²) in [5.74, 6) is -0.428. The van der Waals surface area contributed by atoms with Gasteiger partial charge in [0.15, 0.2) is 0 Å². The molecule has 0 radical (unpaired) electrons. The molecule has 0 spiro atoms. The molecule has 1 aromatic carbocycles. The van der Waals surface area contributed by atoms with E-state index < -0.39 is 39.6 Å². The Bertz CT molecular complexity index is 1060. The summed E-state index contributed by atoms with van der Waals surface area (Å²) in [5, 5.41) is 0. The number of rotatable bonds is 6. The number of nitrogens with two attached hydrogens (primary N) is 1. The van der Waals surface area contributed by atoms with Crippen LogP contribution in [-0.4, -0.2) is 62.7 Å². The first kappa shape index (κ1) is 25.2. The summed E-state index contributed by atoms with van der Waals surface area (Å²) in [4.78, 5) is 18.6. The molecular formula is C23H33FN4O4S. The molecule has 1 aromatic rings. The first-order chi connectivity index (χ1) is 15.3. The first-order valence-corrected chi connectivity index (χ1v) is 12.8. The molecule has 3 N–H and O–H groups in total. The van der Waals surface area contributed by atoms with Crippen molar-refractivity contribution in [3.8, 4) is 0 Å². The molecule has 0 aromatic heterocycles. The molecule has 182 valence electrons. The molecule has 1 saturated carbocycles. The Labute approximate surface area is 195 Å². The predicted molar refractivity (Wildman–Crippen MR) is 127 cm³/mol. The summed E-state index contributed by atoms with van der Waals surface area (Å²) in [6, 6.07) is 3.69. The van der Waals surface area contributed by atoms with Crippen LogP contribution in [-0.2, 0) is 21.2 Å². The monoisotopic (exact) mass is 480 g/mol. The van der Waals surface area contributed by atoms with Crippen molar-refractivity contribution < 1.29 is 22.3 Å². The van der Waals surface area contributed by atoms with E-state index in [4.69, 9.17) is 10.5 Å². The molecule has 1 aliphatic carbocycles. The number of amides is 1. The van der Waals surface area contributed by atoms with Crippen molar-refractivity contribution >= 4 is 28.0 Å². The van der Waals surface area contributed by atoms with Crippen LogP contribution >= 0.6 is 0 Å². The zero-order valence-electron chi connectivity index (χ0n) is 19.7. The lowest BCUT2D eigenvalue weighted by Crippen LogP contribution is -2.70. The second kappa shape index (κ2) is 9.42. The van der Waals surface area contributed by atoms with Gasteiger partial charge in [0, 0.05) is 36.6 Å². The summed E-state index contributed by atoms with van der Waals surface area (Å²) in [5.41, 5.74) is 6.10. The van der Waals surface area contributed by atoms with Gasteiger partial charge in [-0.2, -0.15) is 0 Å². The highest BCUT2D eigenvalue weighted by Crippen LogP contribution is 2.45. The van der Waals surface area contributed by atoms with Gasteiger partial charge in [-0.05, 0) is 63.7 Å². The molecule has 2 saturated heterocycles. The summed E-state index contributed by atoms with van der Waals surface area (Å²) in [7, 11) is -1.96. The van der Waals surface area contributed by atoms with E-state index in [1.54, 1.807) is 50.9 Å². The highest BCUT2D eigenvalue weighted by atomic mass is 32.2. The lowest BCUT2D eigenvalue weighted by molar-refractivity contribution is -0.0652. The normalized spacial score (nSPS) is 25.8.